The highest BCUT2D eigenvalue weighted by Gasteiger charge is 2.17. The van der Waals surface area contributed by atoms with Crippen LogP contribution in [0.4, 0.5) is 5.95 Å². The number of imidazole rings is 1. The second-order valence-electron chi connectivity index (χ2n) is 4.57. The van der Waals surface area contributed by atoms with E-state index in [1.807, 2.05) is 17.6 Å². The highest BCUT2D eigenvalue weighted by molar-refractivity contribution is 7.91. The molecule has 7 heteroatoms. The molecule has 110 valence electrons. The van der Waals surface area contributed by atoms with Gasteiger partial charge in [0.05, 0.1) is 10.4 Å². The van der Waals surface area contributed by atoms with Crippen LogP contribution in [0, 0.1) is 0 Å². The summed E-state index contributed by atoms with van der Waals surface area (Å²) in [5.41, 5.74) is 7.07. The van der Waals surface area contributed by atoms with Crippen LogP contribution in [0.2, 0.25) is 0 Å². The van der Waals surface area contributed by atoms with Crippen LogP contribution in [-0.2, 0) is 21.1 Å². The van der Waals surface area contributed by atoms with Crippen molar-refractivity contribution < 1.29 is 13.2 Å². The number of aryl methyl sites for hydroxylation is 1. The smallest absolute Gasteiger partial charge is 0.201 e. The summed E-state index contributed by atoms with van der Waals surface area (Å²) >= 11 is 0. The molecule has 0 unspecified atom stereocenters. The number of hydrogen-bond acceptors (Lipinski definition) is 5. The third-order valence-electron chi connectivity index (χ3n) is 3.05. The fourth-order valence-corrected chi connectivity index (χ4v) is 2.97. The molecule has 0 aliphatic heterocycles. The number of fused-ring (bicyclic) bond motifs is 1. The molecule has 6 nitrogen and oxygen atoms in total. The maximum atomic E-state index is 11.8. The number of nitrogens with two attached hydrogens (primary N) is 1. The molecule has 0 spiro atoms. The molecule has 1 aromatic carbocycles. The highest BCUT2D eigenvalue weighted by atomic mass is 32.2. The van der Waals surface area contributed by atoms with E-state index < -0.39 is 9.84 Å². The van der Waals surface area contributed by atoms with Crippen molar-refractivity contribution in [2.75, 3.05) is 25.2 Å². The van der Waals surface area contributed by atoms with Gasteiger partial charge in [-0.25, -0.2) is 13.4 Å². The van der Waals surface area contributed by atoms with Crippen LogP contribution >= 0.6 is 0 Å². The number of benzene rings is 1. The Kier molecular flexibility index (Phi) is 4.29. The highest BCUT2D eigenvalue weighted by Crippen LogP contribution is 2.25. The standard InChI is InChI=1S/C13H19N3O3S/c1-3-19-9-5-8-16-10-6-4-7-11(20(2,17)18)12(10)15-13(16)14/h4,6-7H,3,5,8-9H2,1-2H3,(H2,14,15). The molecule has 2 aromatic rings. The Bertz CT molecular complexity index is 707. The van der Waals surface area contributed by atoms with E-state index in [0.717, 1.165) is 11.9 Å². The van der Waals surface area contributed by atoms with E-state index in [4.69, 9.17) is 10.5 Å². The molecular formula is C13H19N3O3S. The lowest BCUT2D eigenvalue weighted by Gasteiger charge is -2.06. The molecule has 0 aliphatic carbocycles. The number of sulfone groups is 1. The van der Waals surface area contributed by atoms with Crippen molar-refractivity contribution in [2.45, 2.75) is 24.8 Å². The van der Waals surface area contributed by atoms with Gasteiger partial charge in [-0.1, -0.05) is 6.07 Å². The fourth-order valence-electron chi connectivity index (χ4n) is 2.14. The van der Waals surface area contributed by atoms with Crippen molar-refractivity contribution in [3.05, 3.63) is 18.2 Å². The molecule has 0 fully saturated rings. The summed E-state index contributed by atoms with van der Waals surface area (Å²) in [5, 5.41) is 0. The number of aromatic nitrogens is 2. The van der Waals surface area contributed by atoms with Crippen LogP contribution in [0.3, 0.4) is 0 Å². The SMILES string of the molecule is CCOCCCn1c(N)nc2c(S(C)(=O)=O)cccc21. The van der Waals surface area contributed by atoms with Gasteiger partial charge in [-0.3, -0.25) is 0 Å². The molecule has 0 radical (unpaired) electrons. The van der Waals surface area contributed by atoms with Crippen LogP contribution in [-0.4, -0.2) is 37.4 Å². The van der Waals surface area contributed by atoms with Gasteiger partial charge in [0.15, 0.2) is 9.84 Å². The van der Waals surface area contributed by atoms with E-state index in [2.05, 4.69) is 4.98 Å². The summed E-state index contributed by atoms with van der Waals surface area (Å²) in [5.74, 6) is 0.326. The summed E-state index contributed by atoms with van der Waals surface area (Å²) in [6.07, 6.45) is 1.97. The number of rotatable bonds is 6. The minimum Gasteiger partial charge on any atom is -0.382 e. The maximum Gasteiger partial charge on any atom is 0.201 e. The fraction of sp³-hybridized carbons (Fsp3) is 0.462. The van der Waals surface area contributed by atoms with Crippen LogP contribution in [0.15, 0.2) is 23.1 Å². The normalized spacial score (nSPS) is 12.1. The van der Waals surface area contributed by atoms with Gasteiger partial charge in [0, 0.05) is 26.0 Å². The molecule has 2 N–H and O–H groups in total. The van der Waals surface area contributed by atoms with E-state index in [1.54, 1.807) is 12.1 Å². The molecule has 2 rings (SSSR count). The first kappa shape index (κ1) is 14.8. The van der Waals surface area contributed by atoms with Crippen molar-refractivity contribution in [3.8, 4) is 0 Å². The summed E-state index contributed by atoms with van der Waals surface area (Å²) < 4.78 is 30.6. The first-order valence-corrected chi connectivity index (χ1v) is 8.36. The van der Waals surface area contributed by atoms with Gasteiger partial charge in [-0.2, -0.15) is 0 Å². The monoisotopic (exact) mass is 297 g/mol. The third kappa shape index (κ3) is 2.94. The quantitative estimate of drug-likeness (QED) is 0.815. The maximum absolute atomic E-state index is 11.8. The largest absolute Gasteiger partial charge is 0.382 e. The second-order valence-corrected chi connectivity index (χ2v) is 6.55. The van der Waals surface area contributed by atoms with Crippen molar-refractivity contribution in [1.29, 1.82) is 0 Å². The van der Waals surface area contributed by atoms with Gasteiger partial charge in [0.1, 0.15) is 5.52 Å². The minimum atomic E-state index is -3.32. The third-order valence-corrected chi connectivity index (χ3v) is 4.17. The van der Waals surface area contributed by atoms with Gasteiger partial charge in [0.25, 0.3) is 0 Å². The Hall–Kier alpha value is -1.60. The number of para-hydroxylation sites is 1. The van der Waals surface area contributed by atoms with Crippen LogP contribution in [0.1, 0.15) is 13.3 Å². The molecular weight excluding hydrogens is 278 g/mol. The average Bonchev–Trinajstić information content (AvgIpc) is 2.69. The predicted molar refractivity (Wildman–Crippen MR) is 78.4 cm³/mol. The lowest BCUT2D eigenvalue weighted by atomic mass is 10.3. The Morgan fingerprint density at radius 2 is 2.15 bits per heavy atom. The van der Waals surface area contributed by atoms with Crippen LogP contribution in [0.5, 0.6) is 0 Å². The molecule has 0 atom stereocenters. The Balaban J connectivity index is 2.40. The second kappa shape index (κ2) is 5.80. The molecule has 1 heterocycles. The van der Waals surface area contributed by atoms with Gasteiger partial charge in [-0.05, 0) is 25.5 Å². The average molecular weight is 297 g/mol. The Morgan fingerprint density at radius 1 is 1.40 bits per heavy atom. The number of anilines is 1. The Morgan fingerprint density at radius 3 is 2.80 bits per heavy atom. The molecule has 0 bridgehead atoms. The van der Waals surface area contributed by atoms with E-state index >= 15 is 0 Å². The zero-order valence-electron chi connectivity index (χ0n) is 11.7. The summed E-state index contributed by atoms with van der Waals surface area (Å²) in [4.78, 5) is 4.41. The number of nitrogens with zero attached hydrogens (tertiary/aromatic N) is 2. The van der Waals surface area contributed by atoms with E-state index in [9.17, 15) is 8.42 Å². The lowest BCUT2D eigenvalue weighted by molar-refractivity contribution is 0.142. The summed E-state index contributed by atoms with van der Waals surface area (Å²) in [6, 6.07) is 5.08. The van der Waals surface area contributed by atoms with Crippen LogP contribution in [0.25, 0.3) is 11.0 Å². The van der Waals surface area contributed by atoms with Crippen molar-refractivity contribution in [2.24, 2.45) is 0 Å². The van der Waals surface area contributed by atoms with E-state index in [0.29, 0.717) is 31.2 Å². The minimum absolute atomic E-state index is 0.213. The van der Waals surface area contributed by atoms with Crippen molar-refractivity contribution in [1.82, 2.24) is 9.55 Å². The lowest BCUT2D eigenvalue weighted by Crippen LogP contribution is -2.06. The van der Waals surface area contributed by atoms with Crippen molar-refractivity contribution in [3.63, 3.8) is 0 Å². The molecule has 0 aliphatic rings. The van der Waals surface area contributed by atoms with Gasteiger partial charge >= 0.3 is 0 Å². The van der Waals surface area contributed by atoms with Gasteiger partial charge in [-0.15, -0.1) is 0 Å². The number of hydrogen-bond donors (Lipinski definition) is 1. The topological polar surface area (TPSA) is 87.2 Å². The van der Waals surface area contributed by atoms with E-state index in [1.165, 1.54) is 6.26 Å². The molecule has 0 saturated heterocycles. The van der Waals surface area contributed by atoms with Gasteiger partial charge in [0.2, 0.25) is 5.95 Å². The summed E-state index contributed by atoms with van der Waals surface area (Å²) in [7, 11) is -3.32. The zero-order valence-corrected chi connectivity index (χ0v) is 12.5. The number of ether oxygens (including phenoxy) is 1. The Labute approximate surface area is 118 Å². The van der Waals surface area contributed by atoms with Crippen LogP contribution < -0.4 is 5.73 Å². The molecule has 0 amide bonds. The first-order valence-electron chi connectivity index (χ1n) is 6.47. The summed E-state index contributed by atoms with van der Waals surface area (Å²) in [6.45, 7) is 3.91. The van der Waals surface area contributed by atoms with Gasteiger partial charge < -0.3 is 15.0 Å². The molecule has 1 aromatic heterocycles. The predicted octanol–water partition coefficient (Wildman–Crippen LogP) is 1.45. The number of nitrogen functional groups attached to an aromatic ring is 1. The van der Waals surface area contributed by atoms with E-state index in [-0.39, 0.29) is 4.90 Å². The van der Waals surface area contributed by atoms with Crippen molar-refractivity contribution >= 4 is 26.8 Å². The molecule has 0 saturated carbocycles. The zero-order chi connectivity index (χ0) is 14.8. The molecule has 20 heavy (non-hydrogen) atoms. The first-order chi connectivity index (χ1) is 9.45.